The van der Waals surface area contributed by atoms with Crippen molar-refractivity contribution in [1.29, 1.82) is 0 Å². The highest BCUT2D eigenvalue weighted by Gasteiger charge is 2.61. The fraction of sp³-hybridized carbons (Fsp3) is 0.500. The van der Waals surface area contributed by atoms with Gasteiger partial charge in [-0.25, -0.2) is 0 Å². The molecule has 138 valence electrons. The van der Waals surface area contributed by atoms with Crippen LogP contribution in [-0.2, 0) is 10.8 Å². The Hall–Kier alpha value is -1.41. The highest BCUT2D eigenvalue weighted by molar-refractivity contribution is 7.87. The third-order valence-corrected chi connectivity index (χ3v) is 8.17. The molecule has 2 heteroatoms. The maximum absolute atomic E-state index is 13.5. The average Bonchev–Trinajstić information content (AvgIpc) is 3.15. The smallest absolute Gasteiger partial charge is 0.0646 e. The number of allylic oxidation sites excluding steroid dienone is 3. The molecular weight excluding hydrogens is 336 g/mol. The van der Waals surface area contributed by atoms with Crippen LogP contribution in [0.5, 0.6) is 0 Å². The van der Waals surface area contributed by atoms with Crippen LogP contribution in [-0.4, -0.2) is 14.7 Å². The van der Waals surface area contributed by atoms with Crippen molar-refractivity contribution in [3.05, 3.63) is 64.8 Å². The normalized spacial score (nSPS) is 34.8. The van der Waals surface area contributed by atoms with Crippen LogP contribution < -0.4 is 0 Å². The monoisotopic (exact) mass is 366 g/mol. The van der Waals surface area contributed by atoms with Gasteiger partial charge in [0.1, 0.15) is 0 Å². The summed E-state index contributed by atoms with van der Waals surface area (Å²) in [4.78, 5) is 0. The molecule has 1 aromatic carbocycles. The number of hydrogen-bond donors (Lipinski definition) is 0. The highest BCUT2D eigenvalue weighted by atomic mass is 32.2. The Labute approximate surface area is 160 Å². The zero-order valence-electron chi connectivity index (χ0n) is 16.7. The van der Waals surface area contributed by atoms with Crippen molar-refractivity contribution >= 4 is 16.9 Å². The standard InChI is InChI=1S/C24H30OS/c1-23(2,3)19-20(24(4,5)6)22-18-16(14-15-10-8-7-9-11-15)12-13-17(18)21(19)26(22)25/h7-14,17-18,21-22H,1-6H3/b16-14-/t17-,18+,21+,22-,26?/m0/s1. The van der Waals surface area contributed by atoms with E-state index >= 15 is 0 Å². The third-order valence-electron chi connectivity index (χ3n) is 6.09. The summed E-state index contributed by atoms with van der Waals surface area (Å²) in [6.07, 6.45) is 6.94. The van der Waals surface area contributed by atoms with E-state index in [0.717, 1.165) is 0 Å². The lowest BCUT2D eigenvalue weighted by Crippen LogP contribution is -2.35. The molecule has 1 unspecified atom stereocenters. The quantitative estimate of drug-likeness (QED) is 0.576. The fourth-order valence-corrected chi connectivity index (χ4v) is 8.20. The van der Waals surface area contributed by atoms with E-state index in [1.807, 2.05) is 0 Å². The Bertz CT molecular complexity index is 842. The molecule has 2 heterocycles. The zero-order valence-corrected chi connectivity index (χ0v) is 17.6. The molecule has 0 saturated carbocycles. The summed E-state index contributed by atoms with van der Waals surface area (Å²) < 4.78 is 13.5. The van der Waals surface area contributed by atoms with E-state index in [0.29, 0.717) is 11.8 Å². The first-order chi connectivity index (χ1) is 12.1. The third kappa shape index (κ3) is 2.60. The van der Waals surface area contributed by atoms with Gasteiger partial charge in [0.05, 0.1) is 10.5 Å². The summed E-state index contributed by atoms with van der Waals surface area (Å²) in [5, 5.41) is 0.362. The van der Waals surface area contributed by atoms with Crippen LogP contribution in [0.25, 0.3) is 6.08 Å². The minimum absolute atomic E-state index is 0.0586. The molecule has 1 aliphatic carbocycles. The van der Waals surface area contributed by atoms with Crippen molar-refractivity contribution in [2.24, 2.45) is 22.7 Å². The van der Waals surface area contributed by atoms with Crippen LogP contribution in [0, 0.1) is 22.7 Å². The summed E-state index contributed by atoms with van der Waals surface area (Å²) in [6, 6.07) is 10.5. The minimum atomic E-state index is -0.808. The minimum Gasteiger partial charge on any atom is -0.258 e. The van der Waals surface area contributed by atoms with Crippen LogP contribution in [0.1, 0.15) is 47.1 Å². The second kappa shape index (κ2) is 5.79. The van der Waals surface area contributed by atoms with Crippen molar-refractivity contribution in [2.45, 2.75) is 52.0 Å². The molecule has 4 rings (SSSR count). The van der Waals surface area contributed by atoms with Crippen molar-refractivity contribution in [1.82, 2.24) is 0 Å². The molecule has 0 spiro atoms. The van der Waals surface area contributed by atoms with Crippen LogP contribution >= 0.6 is 0 Å². The molecule has 0 aromatic heterocycles. The Morgan fingerprint density at radius 2 is 1.46 bits per heavy atom. The van der Waals surface area contributed by atoms with Gasteiger partial charge in [-0.1, -0.05) is 90.1 Å². The molecule has 2 bridgehead atoms. The van der Waals surface area contributed by atoms with Gasteiger partial charge in [0.15, 0.2) is 0 Å². The maximum Gasteiger partial charge on any atom is 0.0646 e. The predicted octanol–water partition coefficient (Wildman–Crippen LogP) is 5.77. The molecule has 0 N–H and O–H groups in total. The van der Waals surface area contributed by atoms with Gasteiger partial charge in [0, 0.05) is 22.6 Å². The van der Waals surface area contributed by atoms with Crippen molar-refractivity contribution in [3.63, 3.8) is 0 Å². The number of rotatable bonds is 1. The van der Waals surface area contributed by atoms with E-state index in [1.54, 1.807) is 0 Å². The summed E-state index contributed by atoms with van der Waals surface area (Å²) in [6.45, 7) is 13.8. The van der Waals surface area contributed by atoms with Gasteiger partial charge in [-0.15, -0.1) is 0 Å². The average molecular weight is 367 g/mol. The molecule has 0 amide bonds. The lowest BCUT2D eigenvalue weighted by molar-refractivity contribution is 0.360. The van der Waals surface area contributed by atoms with E-state index in [1.165, 1.54) is 22.3 Å². The van der Waals surface area contributed by atoms with Gasteiger partial charge in [0.2, 0.25) is 0 Å². The van der Waals surface area contributed by atoms with Crippen molar-refractivity contribution in [2.75, 3.05) is 0 Å². The molecule has 26 heavy (non-hydrogen) atoms. The Kier molecular flexibility index (Phi) is 4.00. The van der Waals surface area contributed by atoms with Crippen molar-refractivity contribution < 1.29 is 4.21 Å². The predicted molar refractivity (Wildman–Crippen MR) is 112 cm³/mol. The van der Waals surface area contributed by atoms with Gasteiger partial charge in [0.25, 0.3) is 0 Å². The molecule has 1 saturated heterocycles. The van der Waals surface area contributed by atoms with Crippen LogP contribution in [0.4, 0.5) is 0 Å². The molecule has 1 fully saturated rings. The number of hydrogen-bond acceptors (Lipinski definition) is 1. The zero-order chi connectivity index (χ0) is 18.9. The lowest BCUT2D eigenvalue weighted by Gasteiger charge is -2.39. The number of benzene rings is 1. The SMILES string of the molecule is CC(C)(C)C1=C(C(C)(C)C)[C@H]2[C@H]3C=C/C(=C/c4ccccc4)[C@H]3[C@@H]1S2=O. The second-order valence-corrected chi connectivity index (χ2v) is 11.7. The first-order valence-electron chi connectivity index (χ1n) is 9.70. The molecular formula is C24H30OS. The fourth-order valence-electron chi connectivity index (χ4n) is 5.26. The van der Waals surface area contributed by atoms with Crippen LogP contribution in [0.15, 0.2) is 59.2 Å². The second-order valence-electron chi connectivity index (χ2n) is 10.0. The van der Waals surface area contributed by atoms with Gasteiger partial charge in [-0.05, 0) is 33.1 Å². The summed E-state index contributed by atoms with van der Waals surface area (Å²) in [5.41, 5.74) is 5.67. The van der Waals surface area contributed by atoms with Gasteiger partial charge in [-0.3, -0.25) is 4.21 Å². The summed E-state index contributed by atoms with van der Waals surface area (Å²) in [5.74, 6) is 0.775. The summed E-state index contributed by atoms with van der Waals surface area (Å²) in [7, 11) is -0.808. The molecule has 1 nitrogen and oxygen atoms in total. The van der Waals surface area contributed by atoms with Gasteiger partial charge in [-0.2, -0.15) is 0 Å². The van der Waals surface area contributed by atoms with Crippen LogP contribution in [0.3, 0.4) is 0 Å². The van der Waals surface area contributed by atoms with E-state index in [-0.39, 0.29) is 21.3 Å². The van der Waals surface area contributed by atoms with E-state index in [2.05, 4.69) is 90.1 Å². The lowest BCUT2D eigenvalue weighted by atomic mass is 9.63. The molecule has 5 atom stereocenters. The van der Waals surface area contributed by atoms with E-state index in [4.69, 9.17) is 0 Å². The molecule has 3 aliphatic rings. The van der Waals surface area contributed by atoms with Crippen LogP contribution in [0.2, 0.25) is 0 Å². The maximum atomic E-state index is 13.5. The highest BCUT2D eigenvalue weighted by Crippen LogP contribution is 2.61. The topological polar surface area (TPSA) is 17.1 Å². The van der Waals surface area contributed by atoms with E-state index < -0.39 is 10.8 Å². The molecule has 1 aromatic rings. The Morgan fingerprint density at radius 3 is 2.04 bits per heavy atom. The Morgan fingerprint density at radius 1 is 0.885 bits per heavy atom. The first-order valence-corrected chi connectivity index (χ1v) is 11.0. The molecule has 2 aliphatic heterocycles. The van der Waals surface area contributed by atoms with Crippen molar-refractivity contribution in [3.8, 4) is 0 Å². The van der Waals surface area contributed by atoms with Gasteiger partial charge < -0.3 is 0 Å². The van der Waals surface area contributed by atoms with Gasteiger partial charge >= 0.3 is 0 Å². The number of fused-ring (bicyclic) bond motifs is 5. The first kappa shape index (κ1) is 18.0. The molecule has 0 radical (unpaired) electrons. The summed E-state index contributed by atoms with van der Waals surface area (Å²) >= 11 is 0. The Balaban J connectivity index is 1.84. The van der Waals surface area contributed by atoms with E-state index in [9.17, 15) is 4.21 Å². The largest absolute Gasteiger partial charge is 0.258 e.